The number of fused-ring (bicyclic) bond motifs is 2. The molecule has 2 aliphatic heterocycles. The van der Waals surface area contributed by atoms with Gasteiger partial charge in [0.2, 0.25) is 13.6 Å². The van der Waals surface area contributed by atoms with Gasteiger partial charge >= 0.3 is 0 Å². The van der Waals surface area contributed by atoms with E-state index in [9.17, 15) is 47.1 Å². The van der Waals surface area contributed by atoms with Crippen LogP contribution < -0.4 is 59.2 Å². The molecule has 12 aliphatic carbocycles. The van der Waals surface area contributed by atoms with Crippen molar-refractivity contribution >= 4 is 93.2 Å². The van der Waals surface area contributed by atoms with Crippen molar-refractivity contribution in [2.45, 2.75) is 152 Å². The molecule has 0 spiro atoms. The van der Waals surface area contributed by atoms with Crippen molar-refractivity contribution in [2.24, 2.45) is 28.7 Å². The molecule has 0 unspecified atom stereocenters. The molecule has 0 atom stereocenters. The summed E-state index contributed by atoms with van der Waals surface area (Å²) in [6, 6.07) is 34.5. The summed E-state index contributed by atoms with van der Waals surface area (Å²) in [6.07, 6.45) is 11.5. The van der Waals surface area contributed by atoms with E-state index in [1.807, 2.05) is 39.0 Å². The number of nitrogens with zero attached hydrogens (tertiary/aromatic N) is 2. The lowest BCUT2D eigenvalue weighted by Gasteiger charge is -2.70. The van der Waals surface area contributed by atoms with Crippen LogP contribution in [0.3, 0.4) is 0 Å². The topological polar surface area (TPSA) is 299 Å². The third-order valence-electron chi connectivity index (χ3n) is 23.7. The molecule has 4 amide bonds. The number of nitrogens with one attached hydrogen (secondary N) is 4. The predicted molar refractivity (Wildman–Crippen MR) is 424 cm³/mol. The normalized spacial score (nSPS) is 24.9. The van der Waals surface area contributed by atoms with Crippen LogP contribution in [0, 0.1) is 54.1 Å². The Morgan fingerprint density at radius 2 is 0.906 bits per heavy atom. The highest BCUT2D eigenvalue weighted by atomic mass is 35.5. The standard InChI is InChI=1S/2C23H22ClNO5.C21H21ClFNO5.C20H21ClFN3O3/c1-14-6-17(3-4-18(14)24)28-9-16(26)8-22-10-23(11-22,12-22)25-21(27)15-2-5-19-20(7-15)30-13-29-19;1-14-7-16(5-6-18(14)24)28-9-15(26)8-22-10-23(11-22,12-22)25-21(27)17-3-2-4-19-20(17)30-13-29-19;1-27-8-14-3-5-18(29-14)17(25)7-20-10-21(11-20,12-20)24-19(26)9-28-13-2-4-15(22)16(23)6-13;1-12-5-16(25(2)24-12)17(26)7-19-9-20(10-19,11-19)23-18(27)8-28-13-3-4-14(21)15(22)6-13/h2*2-7H,8-13H2,1H3,(H,25,27);2-6H,7-12H2,1H3,(H,24,26);3-6H,7-11H2,1-2H3,(H,23,27). The average molecular weight is 1680 g/mol. The van der Waals surface area contributed by atoms with Crippen molar-refractivity contribution in [3.63, 3.8) is 0 Å². The molecule has 24 nitrogen and oxygen atoms in total. The number of benzene rings is 6. The largest absolute Gasteiger partial charge is 0.486 e. The average Bonchev–Trinajstić information content (AvgIpc) is 1.10. The minimum absolute atomic E-state index is 0.0000162. The first-order valence-corrected chi connectivity index (χ1v) is 39.9. The predicted octanol–water partition coefficient (Wildman–Crippen LogP) is 15.3. The molecule has 30 heteroatoms. The zero-order valence-corrected chi connectivity index (χ0v) is 67.9. The monoisotopic (exact) mass is 1680 g/mol. The number of Topliss-reactive ketones (excluding diaryl/α,β-unsaturated/α-hetero) is 4. The molecule has 0 saturated heterocycles. The van der Waals surface area contributed by atoms with E-state index in [1.165, 1.54) is 24.3 Å². The molecule has 8 bridgehead atoms. The van der Waals surface area contributed by atoms with Crippen molar-refractivity contribution in [3.8, 4) is 46.0 Å². The summed E-state index contributed by atoms with van der Waals surface area (Å²) in [5.41, 5.74) is 3.42. The van der Waals surface area contributed by atoms with Crippen LogP contribution in [-0.2, 0) is 37.6 Å². The summed E-state index contributed by atoms with van der Waals surface area (Å²) < 4.78 is 82.2. The zero-order chi connectivity index (χ0) is 82.6. The number of ketones is 4. The number of carbonyl (C=O) groups excluding carboxylic acids is 8. The molecule has 14 aliphatic rings. The fraction of sp³-hybridized carbons (Fsp3) is 0.414. The van der Waals surface area contributed by atoms with E-state index in [-0.39, 0.29) is 152 Å². The number of hydrogen-bond acceptors (Lipinski definition) is 19. The number of para-hydroxylation sites is 1. The van der Waals surface area contributed by atoms with E-state index in [4.69, 9.17) is 93.5 Å². The summed E-state index contributed by atoms with van der Waals surface area (Å²) >= 11 is 23.3. The molecule has 12 saturated carbocycles. The quantitative estimate of drug-likeness (QED) is 0.0304. The van der Waals surface area contributed by atoms with Crippen molar-refractivity contribution in [1.82, 2.24) is 31.0 Å². The van der Waals surface area contributed by atoms with Crippen LogP contribution in [0.2, 0.25) is 20.1 Å². The van der Waals surface area contributed by atoms with Crippen LogP contribution in [-0.4, -0.2) is 126 Å². The Morgan fingerprint density at radius 1 is 0.462 bits per heavy atom. The van der Waals surface area contributed by atoms with Gasteiger partial charge in [-0.25, -0.2) is 8.78 Å². The molecule has 4 heterocycles. The van der Waals surface area contributed by atoms with Gasteiger partial charge in [0.15, 0.2) is 65.1 Å². The smallest absolute Gasteiger partial charge is 0.258 e. The first-order valence-electron chi connectivity index (χ1n) is 38.4. The Bertz CT molecular complexity index is 5240. The Balaban J connectivity index is 0.000000122. The van der Waals surface area contributed by atoms with E-state index < -0.39 is 11.6 Å². The van der Waals surface area contributed by atoms with Crippen molar-refractivity contribution in [1.29, 1.82) is 0 Å². The summed E-state index contributed by atoms with van der Waals surface area (Å²) in [5.74, 6) is 3.36. The highest BCUT2D eigenvalue weighted by Gasteiger charge is 2.71. The molecule has 117 heavy (non-hydrogen) atoms. The third-order valence-corrected chi connectivity index (χ3v) is 25.2. The van der Waals surface area contributed by atoms with Gasteiger partial charge in [0.1, 0.15) is 65.9 Å². The number of ether oxygens (including phenoxy) is 9. The second-order valence-corrected chi connectivity index (χ2v) is 35.2. The molecular formula is C87H86Cl4F2N6O18. The van der Waals surface area contributed by atoms with Crippen LogP contribution in [0.4, 0.5) is 8.78 Å². The SMILES string of the molecule is COCc1ccc(C(=O)CC23CC(NC(=O)COc4ccc(Cl)c(F)c4)(C2)C3)o1.Cc1cc(C(=O)CC23CC(NC(=O)COc4ccc(Cl)c(F)c4)(C2)C3)n(C)n1.Cc1cc(OCC(=O)CC23CC(NC(=O)c4ccc5c(c4)OCO5)(C2)C3)ccc1Cl.Cc1cc(OCC(=O)CC23CC(NC(=O)c4cccc5c4OCO5)(C2)C3)ccc1Cl. The van der Waals surface area contributed by atoms with Crippen LogP contribution in [0.15, 0.2) is 132 Å². The minimum atomic E-state index is -0.596. The molecule has 8 aromatic rings. The van der Waals surface area contributed by atoms with Crippen LogP contribution in [0.25, 0.3) is 0 Å². The van der Waals surface area contributed by atoms with E-state index >= 15 is 0 Å². The lowest BCUT2D eigenvalue weighted by atomic mass is 9.38. The van der Waals surface area contributed by atoms with Gasteiger partial charge in [0.25, 0.3) is 23.6 Å². The van der Waals surface area contributed by atoms with Crippen molar-refractivity contribution in [2.75, 3.05) is 47.1 Å². The molecule has 614 valence electrons. The van der Waals surface area contributed by atoms with E-state index in [0.29, 0.717) is 105 Å². The first-order chi connectivity index (χ1) is 55.7. The van der Waals surface area contributed by atoms with Gasteiger partial charge in [0.05, 0.1) is 21.3 Å². The fourth-order valence-corrected chi connectivity index (χ4v) is 19.8. The van der Waals surface area contributed by atoms with Crippen molar-refractivity contribution < 1.29 is 94.2 Å². The summed E-state index contributed by atoms with van der Waals surface area (Å²) in [6.45, 7) is 6.02. The van der Waals surface area contributed by atoms with Crippen LogP contribution in [0.1, 0.15) is 167 Å². The Hall–Kier alpha value is -10.3. The van der Waals surface area contributed by atoms with Gasteiger partial charge < -0.3 is 68.3 Å². The number of amides is 4. The van der Waals surface area contributed by atoms with Crippen LogP contribution in [0.5, 0.6) is 46.0 Å². The Morgan fingerprint density at radius 3 is 1.39 bits per heavy atom. The molecule has 22 rings (SSSR count). The maximum absolute atomic E-state index is 13.4. The minimum Gasteiger partial charge on any atom is -0.486 e. The zero-order valence-electron chi connectivity index (χ0n) is 64.9. The lowest BCUT2D eigenvalue weighted by molar-refractivity contribution is -0.165. The number of aryl methyl sites for hydroxylation is 4. The number of carbonyl (C=O) groups is 8. The van der Waals surface area contributed by atoms with Gasteiger partial charge in [-0.2, -0.15) is 5.10 Å². The van der Waals surface area contributed by atoms with E-state index in [1.54, 1.807) is 91.6 Å². The third kappa shape index (κ3) is 17.8. The van der Waals surface area contributed by atoms with Gasteiger partial charge in [-0.05, 0) is 240 Å². The number of methoxy groups -OCH3 is 1. The molecule has 0 radical (unpaired) electrons. The second-order valence-electron chi connectivity index (χ2n) is 33.6. The first kappa shape index (κ1) is 81.9. The Kier molecular flexibility index (Phi) is 22.6. The van der Waals surface area contributed by atoms with Gasteiger partial charge in [-0.15, -0.1) is 0 Å². The summed E-state index contributed by atoms with van der Waals surface area (Å²) in [5, 5.41) is 17.8. The van der Waals surface area contributed by atoms with Gasteiger partial charge in [-0.3, -0.25) is 43.0 Å². The molecule has 6 aromatic carbocycles. The molecular weight excluding hydrogens is 1600 g/mol. The fourth-order valence-electron chi connectivity index (χ4n) is 19.3. The molecule has 4 N–H and O–H groups in total. The lowest BCUT2D eigenvalue weighted by Crippen LogP contribution is -2.75. The van der Waals surface area contributed by atoms with Gasteiger partial charge in [0, 0.05) is 89.7 Å². The number of furan rings is 1. The number of rotatable bonds is 30. The molecule has 2 aromatic heterocycles. The van der Waals surface area contributed by atoms with Crippen LogP contribution >= 0.6 is 46.4 Å². The van der Waals surface area contributed by atoms with E-state index in [0.717, 1.165) is 106 Å². The van der Waals surface area contributed by atoms with Gasteiger partial charge in [-0.1, -0.05) is 52.5 Å². The number of aromatic nitrogens is 2. The maximum Gasteiger partial charge on any atom is 0.258 e. The summed E-state index contributed by atoms with van der Waals surface area (Å²) in [4.78, 5) is 99.5. The second kappa shape index (κ2) is 32.2. The molecule has 12 fully saturated rings. The van der Waals surface area contributed by atoms with E-state index in [2.05, 4.69) is 26.4 Å². The summed E-state index contributed by atoms with van der Waals surface area (Å²) in [7, 11) is 3.34. The maximum atomic E-state index is 13.4. The highest BCUT2D eigenvalue weighted by Crippen LogP contribution is 2.72. The Labute approximate surface area is 692 Å². The van der Waals surface area contributed by atoms with Crippen molar-refractivity contribution in [3.05, 3.63) is 204 Å². The number of hydrogen-bond donors (Lipinski definition) is 4. The number of halogens is 6. The highest BCUT2D eigenvalue weighted by molar-refractivity contribution is 6.32.